The highest BCUT2D eigenvalue weighted by molar-refractivity contribution is 7.27. The lowest BCUT2D eigenvalue weighted by atomic mass is 9.98. The molecule has 1 nitrogen and oxygen atoms in total. The van der Waals surface area contributed by atoms with Crippen LogP contribution >= 0.6 is 22.7 Å². The molecule has 0 saturated carbocycles. The van der Waals surface area contributed by atoms with E-state index in [4.69, 9.17) is 0 Å². The molecule has 41 heavy (non-hydrogen) atoms. The van der Waals surface area contributed by atoms with Crippen LogP contribution in [0.1, 0.15) is 0 Å². The van der Waals surface area contributed by atoms with Gasteiger partial charge >= 0.3 is 0 Å². The minimum Gasteiger partial charge on any atom is -0.308 e. The quantitative estimate of drug-likeness (QED) is 0.204. The summed E-state index contributed by atoms with van der Waals surface area (Å²) in [6, 6.07) is 51.0. The third-order valence-corrected chi connectivity index (χ3v) is 10.5. The van der Waals surface area contributed by atoms with Gasteiger partial charge in [0.05, 0.1) is 15.7 Å². The number of nitrogens with zero attached hydrogens (tertiary/aromatic N) is 1. The summed E-state index contributed by atoms with van der Waals surface area (Å²) in [6.07, 6.45) is 0. The minimum absolute atomic E-state index is 1.20. The fourth-order valence-corrected chi connectivity index (χ4v) is 8.68. The average Bonchev–Trinajstić information content (AvgIpc) is 3.69. The molecular weight excluding hydrogens is 535 g/mol. The fraction of sp³-hybridized carbons (Fsp3) is 0. The van der Waals surface area contributed by atoms with Gasteiger partial charge < -0.3 is 4.57 Å². The molecule has 0 unspecified atom stereocenters. The van der Waals surface area contributed by atoms with E-state index in [1.54, 1.807) is 0 Å². The third kappa shape index (κ3) is 3.53. The Bertz CT molecular complexity index is 2420. The number of para-hydroxylation sites is 2. The molecule has 0 aliphatic heterocycles. The van der Waals surface area contributed by atoms with E-state index in [9.17, 15) is 0 Å². The summed E-state index contributed by atoms with van der Waals surface area (Å²) in [4.78, 5) is 0. The summed E-state index contributed by atoms with van der Waals surface area (Å²) in [5.74, 6) is 0. The van der Waals surface area contributed by atoms with Crippen LogP contribution in [0.2, 0.25) is 0 Å². The van der Waals surface area contributed by atoms with Crippen LogP contribution in [0.5, 0.6) is 0 Å². The van der Waals surface area contributed by atoms with Crippen LogP contribution in [0, 0.1) is 0 Å². The van der Waals surface area contributed by atoms with Gasteiger partial charge in [-0.15, -0.1) is 22.7 Å². The average molecular weight is 558 g/mol. The van der Waals surface area contributed by atoms with Crippen molar-refractivity contribution in [2.45, 2.75) is 0 Å². The number of fused-ring (bicyclic) bond motifs is 8. The molecule has 0 spiro atoms. The molecule has 0 amide bonds. The summed E-state index contributed by atoms with van der Waals surface area (Å²) >= 11 is 3.77. The normalized spacial score (nSPS) is 11.9. The molecule has 3 aromatic heterocycles. The zero-order chi connectivity index (χ0) is 26.9. The highest BCUT2D eigenvalue weighted by atomic mass is 32.1. The van der Waals surface area contributed by atoms with Crippen molar-refractivity contribution in [1.82, 2.24) is 4.57 Å². The van der Waals surface area contributed by atoms with E-state index in [0.717, 1.165) is 0 Å². The van der Waals surface area contributed by atoms with E-state index >= 15 is 0 Å². The summed E-state index contributed by atoms with van der Waals surface area (Å²) in [7, 11) is 0. The molecule has 9 rings (SSSR count). The van der Waals surface area contributed by atoms with Gasteiger partial charge in [-0.2, -0.15) is 0 Å². The first-order valence-electron chi connectivity index (χ1n) is 13.9. The Kier molecular flexibility index (Phi) is 5.00. The zero-order valence-corrected chi connectivity index (χ0v) is 23.7. The van der Waals surface area contributed by atoms with Crippen LogP contribution in [-0.4, -0.2) is 4.57 Å². The predicted molar refractivity (Wildman–Crippen MR) is 180 cm³/mol. The molecule has 3 heteroatoms. The highest BCUT2D eigenvalue weighted by Gasteiger charge is 2.18. The van der Waals surface area contributed by atoms with E-state index in [0.29, 0.717) is 0 Å². The molecule has 0 fully saturated rings. The number of hydrogen-bond donors (Lipinski definition) is 0. The molecule has 6 aromatic carbocycles. The third-order valence-electron chi connectivity index (χ3n) is 8.20. The highest BCUT2D eigenvalue weighted by Crippen LogP contribution is 2.44. The van der Waals surface area contributed by atoms with Crippen molar-refractivity contribution < 1.29 is 0 Å². The maximum absolute atomic E-state index is 2.42. The largest absolute Gasteiger partial charge is 0.308 e. The smallest absolute Gasteiger partial charge is 0.0727 e. The lowest BCUT2D eigenvalue weighted by Crippen LogP contribution is -1.92. The van der Waals surface area contributed by atoms with Crippen molar-refractivity contribution in [3.05, 3.63) is 140 Å². The molecule has 0 radical (unpaired) electrons. The van der Waals surface area contributed by atoms with E-state index in [1.807, 2.05) is 22.7 Å². The van der Waals surface area contributed by atoms with E-state index < -0.39 is 0 Å². The Morgan fingerprint density at radius 1 is 0.390 bits per heavy atom. The first-order valence-corrected chi connectivity index (χ1v) is 15.5. The van der Waals surface area contributed by atoms with Gasteiger partial charge in [0.1, 0.15) is 0 Å². The minimum atomic E-state index is 1.20. The molecule has 0 atom stereocenters. The molecule has 0 bridgehead atoms. The van der Waals surface area contributed by atoms with Crippen molar-refractivity contribution in [1.29, 1.82) is 0 Å². The second kappa shape index (κ2) is 8.90. The van der Waals surface area contributed by atoms with Gasteiger partial charge in [0.2, 0.25) is 0 Å². The van der Waals surface area contributed by atoms with Crippen molar-refractivity contribution in [3.63, 3.8) is 0 Å². The fourth-order valence-electron chi connectivity index (χ4n) is 6.28. The lowest BCUT2D eigenvalue weighted by Gasteiger charge is -2.09. The number of rotatable bonds is 3. The van der Waals surface area contributed by atoms with Crippen molar-refractivity contribution in [2.75, 3.05) is 0 Å². The number of benzene rings is 6. The van der Waals surface area contributed by atoms with Crippen LogP contribution < -0.4 is 0 Å². The van der Waals surface area contributed by atoms with E-state index in [1.165, 1.54) is 79.3 Å². The van der Waals surface area contributed by atoms with Gasteiger partial charge in [0.25, 0.3) is 0 Å². The Labute approximate surface area is 245 Å². The molecule has 0 N–H and O–H groups in total. The molecule has 0 saturated heterocycles. The van der Waals surface area contributed by atoms with Gasteiger partial charge in [-0.3, -0.25) is 0 Å². The topological polar surface area (TPSA) is 4.93 Å². The second-order valence-corrected chi connectivity index (χ2v) is 12.7. The first-order chi connectivity index (χ1) is 20.3. The molecule has 3 heterocycles. The Morgan fingerprint density at radius 2 is 1.00 bits per heavy atom. The Morgan fingerprint density at radius 3 is 1.80 bits per heavy atom. The molecule has 9 aromatic rings. The molecule has 0 aliphatic rings. The first kappa shape index (κ1) is 23.0. The van der Waals surface area contributed by atoms with Crippen LogP contribution in [0.25, 0.3) is 79.3 Å². The van der Waals surface area contributed by atoms with Gasteiger partial charge in [-0.05, 0) is 64.7 Å². The number of thiophene rings is 2. The maximum atomic E-state index is 2.42. The molecule has 192 valence electrons. The summed E-state index contributed by atoms with van der Waals surface area (Å²) in [5.41, 5.74) is 8.77. The van der Waals surface area contributed by atoms with Crippen LogP contribution in [0.3, 0.4) is 0 Å². The summed E-state index contributed by atoms with van der Waals surface area (Å²) < 4.78 is 7.78. The van der Waals surface area contributed by atoms with E-state index in [2.05, 4.69) is 144 Å². The monoisotopic (exact) mass is 557 g/mol. The number of aromatic nitrogens is 1. The SMILES string of the molecule is c1ccc(-n2c3ccccc3c3sc4cc(-c5cccc(-c6ccc7c(c6)sc6ccccc67)c5)ccc4c32)cc1. The van der Waals surface area contributed by atoms with Crippen LogP contribution in [0.4, 0.5) is 0 Å². The Hall–Kier alpha value is -4.70. The van der Waals surface area contributed by atoms with Crippen LogP contribution in [0.15, 0.2) is 140 Å². The summed E-state index contributed by atoms with van der Waals surface area (Å²) in [5, 5.41) is 5.30. The van der Waals surface area contributed by atoms with Crippen LogP contribution in [-0.2, 0) is 0 Å². The van der Waals surface area contributed by atoms with Gasteiger partial charge in [-0.25, -0.2) is 0 Å². The van der Waals surface area contributed by atoms with E-state index in [-0.39, 0.29) is 0 Å². The zero-order valence-electron chi connectivity index (χ0n) is 22.0. The van der Waals surface area contributed by atoms with Crippen molar-refractivity contribution in [2.24, 2.45) is 0 Å². The second-order valence-electron chi connectivity index (χ2n) is 10.6. The standard InChI is InChI=1S/C38H23NS2/c1-2-11-28(12-3-1)39-33-15-6-4-14-31(33)38-37(39)32-20-18-27(23-36(32)41-38)25-10-8-9-24(21-25)26-17-19-30-29-13-5-7-16-34(29)40-35(30)22-26/h1-23H. The van der Waals surface area contributed by atoms with Gasteiger partial charge in [-0.1, -0.05) is 97.1 Å². The maximum Gasteiger partial charge on any atom is 0.0727 e. The molecule has 0 aliphatic carbocycles. The van der Waals surface area contributed by atoms with Gasteiger partial charge in [0, 0.05) is 41.3 Å². The van der Waals surface area contributed by atoms with Crippen molar-refractivity contribution in [3.8, 4) is 27.9 Å². The molecular formula is C38H23NS2. The lowest BCUT2D eigenvalue weighted by molar-refractivity contribution is 1.19. The predicted octanol–water partition coefficient (Wildman–Crippen LogP) is 11.7. The van der Waals surface area contributed by atoms with Crippen molar-refractivity contribution >= 4 is 74.1 Å². The summed E-state index contributed by atoms with van der Waals surface area (Å²) in [6.45, 7) is 0. The number of hydrogen-bond acceptors (Lipinski definition) is 2. The van der Waals surface area contributed by atoms with Gasteiger partial charge in [0.15, 0.2) is 0 Å². The Balaban J connectivity index is 1.18.